The molecule has 166 valence electrons. The minimum atomic E-state index is -3.74. The number of amides is 2. The van der Waals surface area contributed by atoms with Crippen molar-refractivity contribution in [2.24, 2.45) is 0 Å². The predicted octanol–water partition coefficient (Wildman–Crippen LogP) is 0.820. The molecule has 0 bridgehead atoms. The van der Waals surface area contributed by atoms with Gasteiger partial charge in [-0.25, -0.2) is 13.2 Å². The van der Waals surface area contributed by atoms with Crippen molar-refractivity contribution in [2.45, 2.75) is 18.7 Å². The van der Waals surface area contributed by atoms with E-state index in [4.69, 9.17) is 4.74 Å². The lowest BCUT2D eigenvalue weighted by Crippen LogP contribution is -2.49. The number of nitrogens with zero attached hydrogens (tertiary/aromatic N) is 4. The molecule has 1 aromatic heterocycles. The van der Waals surface area contributed by atoms with E-state index in [1.165, 1.54) is 35.5 Å². The predicted molar refractivity (Wildman–Crippen MR) is 111 cm³/mol. The Bertz CT molecular complexity index is 1080. The summed E-state index contributed by atoms with van der Waals surface area (Å²) in [6, 6.07) is 5.45. The molecule has 11 nitrogen and oxygen atoms in total. The first-order valence-electron chi connectivity index (χ1n) is 9.40. The third-order valence-corrected chi connectivity index (χ3v) is 7.18. The normalized spacial score (nSPS) is 14.8. The highest BCUT2D eigenvalue weighted by molar-refractivity contribution is 7.89. The first-order valence-corrected chi connectivity index (χ1v) is 11.6. The maximum absolute atomic E-state index is 12.8. The number of nitrogens with one attached hydrogen (secondary N) is 1. The second-order valence-corrected chi connectivity index (χ2v) is 9.25. The second kappa shape index (κ2) is 9.49. The molecular weight excluding hydrogens is 446 g/mol. The van der Waals surface area contributed by atoms with E-state index in [1.807, 2.05) is 0 Å². The van der Waals surface area contributed by atoms with Crippen LogP contribution >= 0.6 is 11.5 Å². The van der Waals surface area contributed by atoms with Gasteiger partial charge < -0.3 is 15.0 Å². The molecule has 1 aromatic carbocycles. The van der Waals surface area contributed by atoms with E-state index in [0.29, 0.717) is 13.1 Å². The number of anilines is 1. The van der Waals surface area contributed by atoms with Crippen molar-refractivity contribution < 1.29 is 27.5 Å². The van der Waals surface area contributed by atoms with Crippen molar-refractivity contribution in [1.82, 2.24) is 18.8 Å². The van der Waals surface area contributed by atoms with Crippen molar-refractivity contribution in [3.63, 3.8) is 0 Å². The molecule has 1 aliphatic rings. The Balaban J connectivity index is 1.69. The zero-order valence-electron chi connectivity index (χ0n) is 16.9. The van der Waals surface area contributed by atoms with Crippen LogP contribution in [-0.2, 0) is 19.6 Å². The minimum Gasteiger partial charge on any atom is -0.461 e. The minimum absolute atomic E-state index is 0.0481. The van der Waals surface area contributed by atoms with E-state index < -0.39 is 21.9 Å². The molecule has 0 atom stereocenters. The average molecular weight is 468 g/mol. The van der Waals surface area contributed by atoms with Crippen LogP contribution in [0.5, 0.6) is 0 Å². The van der Waals surface area contributed by atoms with Crippen molar-refractivity contribution in [1.29, 1.82) is 0 Å². The van der Waals surface area contributed by atoms with Gasteiger partial charge in [0.2, 0.25) is 21.6 Å². The average Bonchev–Trinajstić information content (AvgIpc) is 3.22. The molecule has 0 radical (unpaired) electrons. The van der Waals surface area contributed by atoms with Crippen molar-refractivity contribution in [3.05, 3.63) is 35.5 Å². The molecule has 2 aromatic rings. The van der Waals surface area contributed by atoms with Gasteiger partial charge in [0.15, 0.2) is 5.00 Å². The Morgan fingerprint density at radius 3 is 2.35 bits per heavy atom. The Labute approximate surface area is 183 Å². The highest BCUT2D eigenvalue weighted by Crippen LogP contribution is 2.21. The number of piperazine rings is 1. The number of esters is 1. The topological polar surface area (TPSA) is 139 Å². The molecule has 1 saturated heterocycles. The van der Waals surface area contributed by atoms with Gasteiger partial charge in [-0.1, -0.05) is 4.49 Å². The van der Waals surface area contributed by atoms with E-state index in [9.17, 15) is 22.8 Å². The largest absolute Gasteiger partial charge is 0.461 e. The number of rotatable bonds is 6. The zero-order valence-corrected chi connectivity index (χ0v) is 18.5. The third-order valence-electron chi connectivity index (χ3n) is 4.62. The number of aromatic nitrogens is 2. The summed E-state index contributed by atoms with van der Waals surface area (Å²) in [6.45, 7) is 4.34. The summed E-state index contributed by atoms with van der Waals surface area (Å²) in [5.74, 6) is -1.33. The number of hydrogen-bond donors (Lipinski definition) is 1. The van der Waals surface area contributed by atoms with E-state index in [-0.39, 0.29) is 46.8 Å². The van der Waals surface area contributed by atoms with Gasteiger partial charge in [-0.2, -0.15) is 4.31 Å². The summed E-state index contributed by atoms with van der Waals surface area (Å²) < 4.78 is 35.5. The highest BCUT2D eigenvalue weighted by atomic mass is 32.2. The van der Waals surface area contributed by atoms with Crippen LogP contribution in [0.3, 0.4) is 0 Å². The van der Waals surface area contributed by atoms with E-state index in [1.54, 1.807) is 11.8 Å². The van der Waals surface area contributed by atoms with Crippen LogP contribution in [-0.4, -0.2) is 77.8 Å². The first-order chi connectivity index (χ1) is 14.7. The van der Waals surface area contributed by atoms with Gasteiger partial charge in [-0.3, -0.25) is 9.59 Å². The van der Waals surface area contributed by atoms with Gasteiger partial charge in [-0.05, 0) is 31.2 Å². The fraction of sp³-hybridized carbons (Fsp3) is 0.389. The number of carbonyl (C=O) groups is 3. The number of hydrogen-bond acceptors (Lipinski definition) is 9. The molecule has 2 heterocycles. The molecule has 2 amide bonds. The van der Waals surface area contributed by atoms with Gasteiger partial charge in [0.25, 0.3) is 5.91 Å². The van der Waals surface area contributed by atoms with Gasteiger partial charge in [0, 0.05) is 50.2 Å². The van der Waals surface area contributed by atoms with Gasteiger partial charge in [-0.15, -0.1) is 5.10 Å². The molecular formula is C18H21N5O6S2. The molecule has 13 heteroatoms. The Hall–Kier alpha value is -2.90. The third kappa shape index (κ3) is 5.06. The summed E-state index contributed by atoms with van der Waals surface area (Å²) >= 11 is 0.831. The van der Waals surface area contributed by atoms with Crippen molar-refractivity contribution >= 4 is 44.3 Å². The fourth-order valence-corrected chi connectivity index (χ4v) is 4.93. The van der Waals surface area contributed by atoms with Crippen molar-refractivity contribution in [3.8, 4) is 0 Å². The lowest BCUT2D eigenvalue weighted by Gasteiger charge is -2.33. The van der Waals surface area contributed by atoms with Crippen LogP contribution in [0.1, 0.15) is 34.7 Å². The lowest BCUT2D eigenvalue weighted by molar-refractivity contribution is -0.129. The molecule has 1 aliphatic heterocycles. The Kier molecular flexibility index (Phi) is 6.97. The van der Waals surface area contributed by atoms with Crippen LogP contribution in [0.15, 0.2) is 29.2 Å². The lowest BCUT2D eigenvalue weighted by atomic mass is 10.2. The monoisotopic (exact) mass is 467 g/mol. The summed E-state index contributed by atoms with van der Waals surface area (Å²) in [6.07, 6.45) is 0. The second-order valence-electron chi connectivity index (χ2n) is 6.56. The molecule has 0 aliphatic carbocycles. The number of ether oxygens (including phenoxy) is 1. The smallest absolute Gasteiger partial charge is 0.362 e. The summed E-state index contributed by atoms with van der Waals surface area (Å²) in [7, 11) is -3.74. The molecule has 3 rings (SSSR count). The van der Waals surface area contributed by atoms with E-state index in [0.717, 1.165) is 11.5 Å². The maximum atomic E-state index is 12.8. The van der Waals surface area contributed by atoms with Crippen molar-refractivity contribution in [2.75, 3.05) is 38.1 Å². The number of benzene rings is 1. The molecule has 1 N–H and O–H groups in total. The van der Waals surface area contributed by atoms with Crippen LogP contribution in [0, 0.1) is 0 Å². The summed E-state index contributed by atoms with van der Waals surface area (Å²) in [5.41, 5.74) is 0.104. The van der Waals surface area contributed by atoms with E-state index in [2.05, 4.69) is 14.9 Å². The Morgan fingerprint density at radius 2 is 1.77 bits per heavy atom. The quantitative estimate of drug-likeness (QED) is 0.616. The standard InChI is InChI=1S/C18H21N5O6S2/c1-3-29-18(26)15-17(30-21-20-15)19-16(25)13-4-6-14(7-5-13)31(27,28)23-10-8-22(9-11-23)12(2)24/h4-7H,3,8-11H2,1-2H3,(H,19,25). The summed E-state index contributed by atoms with van der Waals surface area (Å²) in [4.78, 5) is 37.4. The highest BCUT2D eigenvalue weighted by Gasteiger charge is 2.29. The van der Waals surface area contributed by atoms with Crippen LogP contribution in [0.25, 0.3) is 0 Å². The van der Waals surface area contributed by atoms with Crippen LogP contribution < -0.4 is 5.32 Å². The van der Waals surface area contributed by atoms with Crippen LogP contribution in [0.4, 0.5) is 5.00 Å². The van der Waals surface area contributed by atoms with Gasteiger partial charge in [0.05, 0.1) is 11.5 Å². The molecule has 1 fully saturated rings. The number of sulfonamides is 1. The number of carbonyl (C=O) groups excluding carboxylic acids is 3. The molecule has 0 spiro atoms. The Morgan fingerprint density at radius 1 is 1.13 bits per heavy atom. The fourth-order valence-electron chi connectivity index (χ4n) is 2.95. The van der Waals surface area contributed by atoms with E-state index >= 15 is 0 Å². The summed E-state index contributed by atoms with van der Waals surface area (Å²) in [5, 5.41) is 6.35. The molecule has 0 saturated carbocycles. The van der Waals surface area contributed by atoms with Crippen LogP contribution in [0.2, 0.25) is 0 Å². The first kappa shape index (κ1) is 22.8. The molecule has 0 unspecified atom stereocenters. The zero-order chi connectivity index (χ0) is 22.6. The van der Waals surface area contributed by atoms with Gasteiger partial charge in [0.1, 0.15) is 0 Å². The van der Waals surface area contributed by atoms with Gasteiger partial charge >= 0.3 is 5.97 Å². The SMILES string of the molecule is CCOC(=O)c1nnsc1NC(=O)c1ccc(S(=O)(=O)N2CCN(C(C)=O)CC2)cc1. The molecule has 31 heavy (non-hydrogen) atoms. The maximum Gasteiger partial charge on any atom is 0.362 e.